The molecule has 66 valence electrons. The third-order valence-electron chi connectivity index (χ3n) is 2.14. The minimum absolute atomic E-state index is 0.410. The van der Waals surface area contributed by atoms with Crippen molar-refractivity contribution in [1.82, 2.24) is 4.90 Å². The van der Waals surface area contributed by atoms with Crippen molar-refractivity contribution in [2.45, 2.75) is 26.2 Å². The molecule has 0 aromatic carbocycles. The number of hydrogen-bond donors (Lipinski definition) is 0. The highest BCUT2D eigenvalue weighted by Crippen LogP contribution is 2.05. The summed E-state index contributed by atoms with van der Waals surface area (Å²) >= 11 is 0. The van der Waals surface area contributed by atoms with Crippen LogP contribution in [-0.4, -0.2) is 30.3 Å². The van der Waals surface area contributed by atoms with Crippen molar-refractivity contribution in [3.05, 3.63) is 0 Å². The van der Waals surface area contributed by atoms with Crippen LogP contribution >= 0.6 is 0 Å². The highest BCUT2D eigenvalue weighted by Gasteiger charge is 2.14. The summed E-state index contributed by atoms with van der Waals surface area (Å²) in [6.07, 6.45) is 2.41. The lowest BCUT2D eigenvalue weighted by atomic mass is 10.1. The molecule has 1 fully saturated rings. The predicted octanol–water partition coefficient (Wildman–Crippen LogP) is 1.06. The van der Waals surface area contributed by atoms with E-state index in [0.29, 0.717) is 5.78 Å². The number of Topliss-reactive ketones (excluding diaryl/α,β-unsaturated/α-hetero) is 1. The van der Waals surface area contributed by atoms with E-state index in [9.17, 15) is 4.79 Å². The molecule has 0 radical (unpaired) electrons. The van der Waals surface area contributed by atoms with E-state index >= 15 is 0 Å². The molecule has 0 atom stereocenters. The maximum absolute atomic E-state index is 10.9. The zero-order valence-corrected chi connectivity index (χ0v) is 7.60. The van der Waals surface area contributed by atoms with E-state index in [2.05, 4.69) is 16.7 Å². The molecule has 2 nitrogen and oxygen atoms in total. The molecular weight excluding hydrogens is 150 g/mol. The van der Waals surface area contributed by atoms with Crippen LogP contribution in [0.1, 0.15) is 26.2 Å². The third kappa shape index (κ3) is 3.06. The Balaban J connectivity index is 2.16. The lowest BCUT2D eigenvalue weighted by Gasteiger charge is -2.24. The molecule has 1 aliphatic rings. The average Bonchev–Trinajstić information content (AvgIpc) is 2.09. The highest BCUT2D eigenvalue weighted by molar-refractivity contribution is 5.79. The van der Waals surface area contributed by atoms with Gasteiger partial charge in [-0.2, -0.15) is 0 Å². The number of nitrogens with zero attached hydrogens (tertiary/aromatic N) is 1. The maximum atomic E-state index is 10.9. The van der Waals surface area contributed by atoms with E-state index in [-0.39, 0.29) is 0 Å². The van der Waals surface area contributed by atoms with Crippen molar-refractivity contribution in [2.24, 2.45) is 0 Å². The second kappa shape index (κ2) is 4.95. The third-order valence-corrected chi connectivity index (χ3v) is 2.14. The molecule has 2 heteroatoms. The van der Waals surface area contributed by atoms with Gasteiger partial charge in [-0.25, -0.2) is 0 Å². The first-order valence-electron chi connectivity index (χ1n) is 4.46. The van der Waals surface area contributed by atoms with Crippen molar-refractivity contribution in [3.63, 3.8) is 0 Å². The van der Waals surface area contributed by atoms with E-state index in [4.69, 9.17) is 0 Å². The van der Waals surface area contributed by atoms with Gasteiger partial charge in [0.1, 0.15) is 5.78 Å². The molecule has 1 heterocycles. The number of hydrogen-bond acceptors (Lipinski definition) is 2. The van der Waals surface area contributed by atoms with E-state index in [1.807, 2.05) is 6.92 Å². The molecule has 0 bridgehead atoms. The summed E-state index contributed by atoms with van der Waals surface area (Å²) in [6, 6.07) is 0. The van der Waals surface area contributed by atoms with Crippen LogP contribution in [0.15, 0.2) is 0 Å². The second-order valence-electron chi connectivity index (χ2n) is 3.06. The summed E-state index contributed by atoms with van der Waals surface area (Å²) in [7, 11) is 0. The van der Waals surface area contributed by atoms with Crippen molar-refractivity contribution in [2.75, 3.05) is 19.6 Å². The Morgan fingerprint density at radius 3 is 2.67 bits per heavy atom. The minimum atomic E-state index is 0.410. The molecular formula is C10H15NO. The van der Waals surface area contributed by atoms with Gasteiger partial charge in [-0.3, -0.25) is 4.79 Å². The van der Waals surface area contributed by atoms with Gasteiger partial charge in [0, 0.05) is 38.9 Å². The highest BCUT2D eigenvalue weighted by atomic mass is 16.1. The topological polar surface area (TPSA) is 20.3 Å². The van der Waals surface area contributed by atoms with Gasteiger partial charge >= 0.3 is 0 Å². The lowest BCUT2D eigenvalue weighted by molar-refractivity contribution is -0.121. The summed E-state index contributed by atoms with van der Waals surface area (Å²) in [4.78, 5) is 13.2. The quantitative estimate of drug-likeness (QED) is 0.570. The second-order valence-corrected chi connectivity index (χ2v) is 3.06. The fourth-order valence-electron chi connectivity index (χ4n) is 1.37. The Labute approximate surface area is 73.9 Å². The van der Waals surface area contributed by atoms with E-state index < -0.39 is 0 Å². The Kier molecular flexibility index (Phi) is 3.83. The van der Waals surface area contributed by atoms with Gasteiger partial charge < -0.3 is 4.90 Å². The van der Waals surface area contributed by atoms with Crippen LogP contribution in [0.5, 0.6) is 0 Å². The average molecular weight is 165 g/mol. The Hall–Kier alpha value is -0.810. The van der Waals surface area contributed by atoms with Crippen LogP contribution in [0.2, 0.25) is 0 Å². The van der Waals surface area contributed by atoms with Crippen molar-refractivity contribution >= 4 is 5.78 Å². The minimum Gasteiger partial charge on any atom is -0.302 e. The molecule has 12 heavy (non-hydrogen) atoms. The number of ketones is 1. The van der Waals surface area contributed by atoms with Crippen LogP contribution in [-0.2, 0) is 4.79 Å². The van der Waals surface area contributed by atoms with E-state index in [0.717, 1.165) is 38.9 Å². The van der Waals surface area contributed by atoms with Crippen LogP contribution in [0.25, 0.3) is 0 Å². The molecule has 0 N–H and O–H groups in total. The number of likely N-dealkylation sites (tertiary alicyclic amines) is 1. The first-order valence-corrected chi connectivity index (χ1v) is 4.46. The van der Waals surface area contributed by atoms with Gasteiger partial charge in [0.15, 0.2) is 0 Å². The molecule has 0 spiro atoms. The van der Waals surface area contributed by atoms with Crippen LogP contribution in [0.3, 0.4) is 0 Å². The smallest absolute Gasteiger partial charge is 0.135 e. The Morgan fingerprint density at radius 1 is 1.42 bits per heavy atom. The molecule has 0 aromatic rings. The first-order chi connectivity index (χ1) is 5.83. The largest absolute Gasteiger partial charge is 0.302 e. The van der Waals surface area contributed by atoms with E-state index in [1.165, 1.54) is 0 Å². The molecule has 0 saturated carbocycles. The van der Waals surface area contributed by atoms with Gasteiger partial charge in [0.05, 0.1) is 0 Å². The van der Waals surface area contributed by atoms with Gasteiger partial charge in [0.2, 0.25) is 0 Å². The standard InChI is InChI=1S/C10H15NO/c1-2-3-4-7-11-8-5-10(12)6-9-11/h4-9H2,1H3. The monoisotopic (exact) mass is 165 g/mol. The molecule has 0 amide bonds. The SMILES string of the molecule is CC#CCCN1CCC(=O)CC1. The lowest BCUT2D eigenvalue weighted by Crippen LogP contribution is -2.34. The van der Waals surface area contributed by atoms with Crippen molar-refractivity contribution < 1.29 is 4.79 Å². The number of piperidine rings is 1. The van der Waals surface area contributed by atoms with Crippen molar-refractivity contribution in [3.8, 4) is 11.8 Å². The van der Waals surface area contributed by atoms with E-state index in [1.54, 1.807) is 0 Å². The Morgan fingerprint density at radius 2 is 2.08 bits per heavy atom. The predicted molar refractivity (Wildman–Crippen MR) is 48.7 cm³/mol. The number of carbonyl (C=O) groups is 1. The summed E-state index contributed by atoms with van der Waals surface area (Å²) in [5, 5.41) is 0. The fraction of sp³-hybridized carbons (Fsp3) is 0.700. The molecule has 0 unspecified atom stereocenters. The summed E-state index contributed by atoms with van der Waals surface area (Å²) in [6.45, 7) is 4.75. The number of rotatable bonds is 2. The molecule has 1 aliphatic heterocycles. The summed E-state index contributed by atoms with van der Waals surface area (Å²) < 4.78 is 0. The van der Waals surface area contributed by atoms with Crippen LogP contribution in [0.4, 0.5) is 0 Å². The number of carbonyl (C=O) groups excluding carboxylic acids is 1. The molecule has 1 saturated heterocycles. The molecule has 0 aromatic heterocycles. The summed E-state index contributed by atoms with van der Waals surface area (Å²) in [5.74, 6) is 6.31. The Bertz CT molecular complexity index is 202. The van der Waals surface area contributed by atoms with Gasteiger partial charge in [-0.05, 0) is 6.92 Å². The zero-order valence-electron chi connectivity index (χ0n) is 7.60. The summed E-state index contributed by atoms with van der Waals surface area (Å²) in [5.41, 5.74) is 0. The van der Waals surface area contributed by atoms with Gasteiger partial charge in [-0.15, -0.1) is 11.8 Å². The maximum Gasteiger partial charge on any atom is 0.135 e. The fourth-order valence-corrected chi connectivity index (χ4v) is 1.37. The molecule has 0 aliphatic carbocycles. The van der Waals surface area contributed by atoms with Crippen molar-refractivity contribution in [1.29, 1.82) is 0 Å². The normalized spacial score (nSPS) is 18.6. The van der Waals surface area contributed by atoms with Crippen LogP contribution in [0, 0.1) is 11.8 Å². The van der Waals surface area contributed by atoms with Crippen LogP contribution < -0.4 is 0 Å². The van der Waals surface area contributed by atoms with Gasteiger partial charge in [0.25, 0.3) is 0 Å². The van der Waals surface area contributed by atoms with Gasteiger partial charge in [-0.1, -0.05) is 0 Å². The first kappa shape index (κ1) is 9.28. The molecule has 1 rings (SSSR count). The zero-order chi connectivity index (χ0) is 8.81.